The number of nitrogens with zero attached hydrogens (tertiary/aromatic N) is 2. The number of anilines is 2. The highest BCUT2D eigenvalue weighted by Crippen LogP contribution is 2.32. The van der Waals surface area contributed by atoms with Crippen molar-refractivity contribution in [3.63, 3.8) is 0 Å². The van der Waals surface area contributed by atoms with E-state index in [1.165, 1.54) is 12.8 Å². The fourth-order valence-electron chi connectivity index (χ4n) is 1.78. The molecule has 0 unspecified atom stereocenters. The van der Waals surface area contributed by atoms with Crippen molar-refractivity contribution >= 4 is 34.8 Å². The van der Waals surface area contributed by atoms with Gasteiger partial charge in [-0.3, -0.25) is 0 Å². The molecule has 1 fully saturated rings. The Balaban J connectivity index is 2.37. The molecular formula is C10H13Cl2N3. The highest BCUT2D eigenvalue weighted by atomic mass is 35.5. The van der Waals surface area contributed by atoms with Crippen LogP contribution in [0, 0.1) is 0 Å². The third-order valence-electron chi connectivity index (χ3n) is 2.55. The summed E-state index contributed by atoms with van der Waals surface area (Å²) in [6, 6.07) is 1.75. The summed E-state index contributed by atoms with van der Waals surface area (Å²) in [5.41, 5.74) is 0. The van der Waals surface area contributed by atoms with Gasteiger partial charge in [0.25, 0.3) is 0 Å². The van der Waals surface area contributed by atoms with E-state index in [4.69, 9.17) is 23.2 Å². The number of aromatic nitrogens is 1. The molecule has 82 valence electrons. The van der Waals surface area contributed by atoms with Gasteiger partial charge in [-0.2, -0.15) is 0 Å². The van der Waals surface area contributed by atoms with Gasteiger partial charge < -0.3 is 10.2 Å². The van der Waals surface area contributed by atoms with E-state index in [1.807, 2.05) is 0 Å². The molecule has 2 rings (SSSR count). The first-order valence-electron chi connectivity index (χ1n) is 5.01. The lowest BCUT2D eigenvalue weighted by Crippen LogP contribution is -2.19. The smallest absolute Gasteiger partial charge is 0.149 e. The SMILES string of the molecule is CNc1nc(N2CCCC2)c(Cl)cc1Cl. The summed E-state index contributed by atoms with van der Waals surface area (Å²) in [4.78, 5) is 6.62. The number of hydrogen-bond acceptors (Lipinski definition) is 3. The van der Waals surface area contributed by atoms with Gasteiger partial charge in [0, 0.05) is 20.1 Å². The van der Waals surface area contributed by atoms with Crippen LogP contribution in [0.2, 0.25) is 10.0 Å². The average Bonchev–Trinajstić information content (AvgIpc) is 2.71. The second kappa shape index (κ2) is 4.45. The van der Waals surface area contributed by atoms with Gasteiger partial charge in [-0.25, -0.2) is 4.98 Å². The maximum absolute atomic E-state index is 6.12. The van der Waals surface area contributed by atoms with E-state index in [1.54, 1.807) is 13.1 Å². The van der Waals surface area contributed by atoms with E-state index in [9.17, 15) is 0 Å². The van der Waals surface area contributed by atoms with E-state index in [2.05, 4.69) is 15.2 Å². The molecule has 3 nitrogen and oxygen atoms in total. The molecule has 5 heteroatoms. The van der Waals surface area contributed by atoms with Gasteiger partial charge in [-0.1, -0.05) is 23.2 Å². The van der Waals surface area contributed by atoms with Crippen LogP contribution in [0.4, 0.5) is 11.6 Å². The third-order valence-corrected chi connectivity index (χ3v) is 3.12. The first kappa shape index (κ1) is 10.8. The van der Waals surface area contributed by atoms with Crippen molar-refractivity contribution in [1.82, 2.24) is 4.98 Å². The van der Waals surface area contributed by atoms with Crippen molar-refractivity contribution in [2.45, 2.75) is 12.8 Å². The van der Waals surface area contributed by atoms with Gasteiger partial charge in [-0.15, -0.1) is 0 Å². The molecule has 0 aromatic carbocycles. The van der Waals surface area contributed by atoms with Crippen molar-refractivity contribution in [1.29, 1.82) is 0 Å². The van der Waals surface area contributed by atoms with E-state index in [-0.39, 0.29) is 0 Å². The van der Waals surface area contributed by atoms with Crippen LogP contribution >= 0.6 is 23.2 Å². The Labute approximate surface area is 99.4 Å². The molecule has 0 atom stereocenters. The van der Waals surface area contributed by atoms with Crippen molar-refractivity contribution in [2.24, 2.45) is 0 Å². The van der Waals surface area contributed by atoms with Crippen LogP contribution in [0.25, 0.3) is 0 Å². The first-order chi connectivity index (χ1) is 7.22. The Morgan fingerprint density at radius 3 is 2.53 bits per heavy atom. The molecule has 1 aromatic heterocycles. The van der Waals surface area contributed by atoms with Crippen LogP contribution in [-0.4, -0.2) is 25.1 Å². The summed E-state index contributed by atoms with van der Waals surface area (Å²) < 4.78 is 0. The second-order valence-electron chi connectivity index (χ2n) is 3.57. The zero-order chi connectivity index (χ0) is 10.8. The molecular weight excluding hydrogens is 233 g/mol. The van der Waals surface area contributed by atoms with Gasteiger partial charge >= 0.3 is 0 Å². The Hall–Kier alpha value is -0.670. The van der Waals surface area contributed by atoms with Gasteiger partial charge in [0.15, 0.2) is 0 Å². The maximum atomic E-state index is 6.12. The van der Waals surface area contributed by atoms with Gasteiger partial charge in [0.2, 0.25) is 0 Å². The topological polar surface area (TPSA) is 28.2 Å². The van der Waals surface area contributed by atoms with Crippen molar-refractivity contribution in [3.8, 4) is 0 Å². The van der Waals surface area contributed by atoms with Gasteiger partial charge in [0.1, 0.15) is 11.6 Å². The zero-order valence-electron chi connectivity index (χ0n) is 8.56. The quantitative estimate of drug-likeness (QED) is 0.869. The summed E-state index contributed by atoms with van der Waals surface area (Å²) in [5.74, 6) is 1.52. The van der Waals surface area contributed by atoms with Gasteiger partial charge in [0.05, 0.1) is 10.0 Å². The average molecular weight is 246 g/mol. The predicted molar refractivity (Wildman–Crippen MR) is 65.3 cm³/mol. The second-order valence-corrected chi connectivity index (χ2v) is 4.38. The molecule has 2 heterocycles. The molecule has 0 radical (unpaired) electrons. The van der Waals surface area contributed by atoms with Crippen LogP contribution in [0.15, 0.2) is 6.07 Å². The number of halogens is 2. The highest BCUT2D eigenvalue weighted by Gasteiger charge is 2.18. The monoisotopic (exact) mass is 245 g/mol. The van der Waals surface area contributed by atoms with E-state index in [0.29, 0.717) is 15.9 Å². The lowest BCUT2D eigenvalue weighted by molar-refractivity contribution is 0.938. The molecule has 0 amide bonds. The molecule has 1 aliphatic heterocycles. The van der Waals surface area contributed by atoms with Crippen molar-refractivity contribution in [2.75, 3.05) is 30.4 Å². The number of rotatable bonds is 2. The minimum atomic E-state index is 0.561. The Morgan fingerprint density at radius 1 is 1.27 bits per heavy atom. The molecule has 0 spiro atoms. The van der Waals surface area contributed by atoms with E-state index < -0.39 is 0 Å². The fraction of sp³-hybridized carbons (Fsp3) is 0.500. The minimum absolute atomic E-state index is 0.561. The van der Waals surface area contributed by atoms with Crippen molar-refractivity contribution < 1.29 is 0 Å². The third kappa shape index (κ3) is 2.13. The van der Waals surface area contributed by atoms with Crippen LogP contribution in [0.5, 0.6) is 0 Å². The Kier molecular flexibility index (Phi) is 3.22. The number of hydrogen-bond donors (Lipinski definition) is 1. The molecule has 15 heavy (non-hydrogen) atoms. The van der Waals surface area contributed by atoms with Crippen molar-refractivity contribution in [3.05, 3.63) is 16.1 Å². The predicted octanol–water partition coefficient (Wildman–Crippen LogP) is 3.03. The number of pyridine rings is 1. The van der Waals surface area contributed by atoms with Crippen LogP contribution in [-0.2, 0) is 0 Å². The van der Waals surface area contributed by atoms with Crippen LogP contribution < -0.4 is 10.2 Å². The summed E-state index contributed by atoms with van der Waals surface area (Å²) >= 11 is 12.1. The fourth-order valence-corrected chi connectivity index (χ4v) is 2.36. The molecule has 1 saturated heterocycles. The molecule has 0 saturated carbocycles. The minimum Gasteiger partial charge on any atom is -0.372 e. The standard InChI is InChI=1S/C10H13Cl2N3/c1-13-9-7(11)6-8(12)10(14-9)15-4-2-3-5-15/h6H,2-5H2,1H3,(H,13,14). The summed E-state index contributed by atoms with van der Waals surface area (Å²) in [6.07, 6.45) is 2.41. The maximum Gasteiger partial charge on any atom is 0.149 e. The summed E-state index contributed by atoms with van der Waals surface area (Å²) in [6.45, 7) is 2.05. The van der Waals surface area contributed by atoms with Crippen LogP contribution in [0.1, 0.15) is 12.8 Å². The first-order valence-corrected chi connectivity index (χ1v) is 5.76. The lowest BCUT2D eigenvalue weighted by atomic mass is 10.4. The molecule has 0 aliphatic carbocycles. The van der Waals surface area contributed by atoms with Crippen LogP contribution in [0.3, 0.4) is 0 Å². The molecule has 1 aliphatic rings. The Bertz CT molecular complexity index is 362. The normalized spacial score (nSPS) is 15.8. The van der Waals surface area contributed by atoms with E-state index >= 15 is 0 Å². The largest absolute Gasteiger partial charge is 0.372 e. The Morgan fingerprint density at radius 2 is 1.93 bits per heavy atom. The highest BCUT2D eigenvalue weighted by molar-refractivity contribution is 6.37. The molecule has 0 bridgehead atoms. The van der Waals surface area contributed by atoms with E-state index in [0.717, 1.165) is 18.9 Å². The molecule has 1 N–H and O–H groups in total. The summed E-state index contributed by atoms with van der Waals surface area (Å²) in [7, 11) is 1.80. The summed E-state index contributed by atoms with van der Waals surface area (Å²) in [5, 5.41) is 4.14. The van der Waals surface area contributed by atoms with Gasteiger partial charge in [-0.05, 0) is 18.9 Å². The zero-order valence-corrected chi connectivity index (χ0v) is 10.1. The lowest BCUT2D eigenvalue weighted by Gasteiger charge is -2.19. The molecule has 1 aromatic rings. The number of nitrogens with one attached hydrogen (secondary N) is 1.